The summed E-state index contributed by atoms with van der Waals surface area (Å²) in [5, 5.41) is 2.79. The highest BCUT2D eigenvalue weighted by Crippen LogP contribution is 2.34. The van der Waals surface area contributed by atoms with E-state index in [2.05, 4.69) is 5.32 Å². The highest BCUT2D eigenvalue weighted by molar-refractivity contribution is 6.02. The lowest BCUT2D eigenvalue weighted by Crippen LogP contribution is -2.35. The molecule has 0 radical (unpaired) electrons. The Morgan fingerprint density at radius 3 is 2.84 bits per heavy atom. The van der Waals surface area contributed by atoms with Gasteiger partial charge in [-0.1, -0.05) is 6.92 Å². The second kappa shape index (κ2) is 5.03. The zero-order valence-corrected chi connectivity index (χ0v) is 11.6. The van der Waals surface area contributed by atoms with Crippen LogP contribution < -0.4 is 10.1 Å². The van der Waals surface area contributed by atoms with Gasteiger partial charge in [0.25, 0.3) is 0 Å². The lowest BCUT2D eigenvalue weighted by molar-refractivity contribution is -0.116. The predicted molar refractivity (Wildman–Crippen MR) is 73.6 cm³/mol. The van der Waals surface area contributed by atoms with Crippen molar-refractivity contribution in [3.63, 3.8) is 0 Å². The lowest BCUT2D eigenvalue weighted by Gasteiger charge is -2.31. The molecule has 0 saturated heterocycles. The number of hydrogen-bond acceptors (Lipinski definition) is 3. The van der Waals surface area contributed by atoms with Gasteiger partial charge in [0.15, 0.2) is 5.78 Å². The van der Waals surface area contributed by atoms with E-state index in [-0.39, 0.29) is 11.7 Å². The number of carbonyl (C=O) groups excluding carboxylic acids is 2. The monoisotopic (exact) mass is 261 g/mol. The topological polar surface area (TPSA) is 55.4 Å². The van der Waals surface area contributed by atoms with Crippen molar-refractivity contribution in [1.82, 2.24) is 0 Å². The normalized spacial score (nSPS) is 16.5. The summed E-state index contributed by atoms with van der Waals surface area (Å²) in [6.45, 7) is 5.74. The molecule has 0 fully saturated rings. The molecule has 0 aromatic heterocycles. The Morgan fingerprint density at radius 1 is 1.42 bits per heavy atom. The zero-order valence-electron chi connectivity index (χ0n) is 11.6. The van der Waals surface area contributed by atoms with Crippen molar-refractivity contribution in [3.8, 4) is 5.75 Å². The second-order valence-corrected chi connectivity index (χ2v) is 5.47. The molecular weight excluding hydrogens is 242 g/mol. The summed E-state index contributed by atoms with van der Waals surface area (Å²) in [7, 11) is 0. The van der Waals surface area contributed by atoms with Crippen LogP contribution in [0, 0.1) is 0 Å². The second-order valence-electron chi connectivity index (χ2n) is 5.47. The number of ketones is 1. The van der Waals surface area contributed by atoms with Crippen molar-refractivity contribution in [2.75, 3.05) is 5.32 Å². The molecule has 1 heterocycles. The van der Waals surface area contributed by atoms with Gasteiger partial charge >= 0.3 is 0 Å². The van der Waals surface area contributed by atoms with E-state index >= 15 is 0 Å². The molecule has 1 aliphatic heterocycles. The molecule has 4 heteroatoms. The number of hydrogen-bond donors (Lipinski definition) is 1. The van der Waals surface area contributed by atoms with Gasteiger partial charge in [-0.25, -0.2) is 0 Å². The Morgan fingerprint density at radius 2 is 2.16 bits per heavy atom. The van der Waals surface area contributed by atoms with Crippen LogP contribution in [0.1, 0.15) is 50.4 Å². The number of benzene rings is 1. The first-order valence-electron chi connectivity index (χ1n) is 6.57. The third kappa shape index (κ3) is 3.13. The Bertz CT molecular complexity index is 520. The molecule has 0 aliphatic carbocycles. The highest BCUT2D eigenvalue weighted by Gasteiger charge is 2.32. The van der Waals surface area contributed by atoms with Crippen molar-refractivity contribution >= 4 is 17.4 Å². The first-order valence-corrected chi connectivity index (χ1v) is 6.57. The number of fused-ring (bicyclic) bond motifs is 1. The van der Waals surface area contributed by atoms with Gasteiger partial charge in [0, 0.05) is 12.1 Å². The van der Waals surface area contributed by atoms with Gasteiger partial charge in [0.1, 0.15) is 11.4 Å². The van der Waals surface area contributed by atoms with Gasteiger partial charge in [-0.05, 0) is 38.5 Å². The highest BCUT2D eigenvalue weighted by atomic mass is 16.5. The smallest absolute Gasteiger partial charge is 0.224 e. The number of ether oxygens (including phenoxy) is 1. The van der Waals surface area contributed by atoms with Crippen LogP contribution in [0.25, 0.3) is 0 Å². The molecule has 0 unspecified atom stereocenters. The van der Waals surface area contributed by atoms with Gasteiger partial charge in [0.2, 0.25) is 5.91 Å². The average Bonchev–Trinajstić information content (AvgIpc) is 2.29. The Balaban J connectivity index is 2.22. The van der Waals surface area contributed by atoms with Crippen molar-refractivity contribution in [3.05, 3.63) is 23.8 Å². The van der Waals surface area contributed by atoms with Gasteiger partial charge in [0.05, 0.1) is 12.0 Å². The fourth-order valence-electron chi connectivity index (χ4n) is 2.18. The van der Waals surface area contributed by atoms with E-state index in [1.54, 1.807) is 18.2 Å². The van der Waals surface area contributed by atoms with Crippen molar-refractivity contribution in [2.24, 2.45) is 0 Å². The maximum Gasteiger partial charge on any atom is 0.224 e. The Hall–Kier alpha value is -1.84. The molecule has 2 rings (SSSR count). The first kappa shape index (κ1) is 13.6. The summed E-state index contributed by atoms with van der Waals surface area (Å²) in [6, 6.07) is 5.21. The van der Waals surface area contributed by atoms with Crippen molar-refractivity contribution in [2.45, 2.75) is 45.6 Å². The number of carbonyl (C=O) groups is 2. The number of amides is 1. The molecule has 0 saturated carbocycles. The van der Waals surface area contributed by atoms with Crippen LogP contribution in [0.15, 0.2) is 18.2 Å². The van der Waals surface area contributed by atoms with Crippen molar-refractivity contribution < 1.29 is 14.3 Å². The minimum atomic E-state index is -0.461. The third-order valence-corrected chi connectivity index (χ3v) is 3.01. The summed E-state index contributed by atoms with van der Waals surface area (Å²) < 4.78 is 5.76. The van der Waals surface area contributed by atoms with Gasteiger partial charge in [-0.15, -0.1) is 0 Å². The zero-order chi connectivity index (χ0) is 14.0. The standard InChI is InChI=1S/C15H19NO3/c1-4-5-14(18)16-10-6-7-13-11(8-10)12(17)9-15(2,3)19-13/h6-8H,4-5,9H2,1-3H3,(H,16,18). The molecule has 0 atom stereocenters. The van der Waals surface area contributed by atoms with Crippen LogP contribution in [0.2, 0.25) is 0 Å². The maximum absolute atomic E-state index is 12.1. The summed E-state index contributed by atoms with van der Waals surface area (Å²) in [5.74, 6) is 0.611. The quantitative estimate of drug-likeness (QED) is 0.909. The van der Waals surface area contributed by atoms with E-state index in [4.69, 9.17) is 4.74 Å². The van der Waals surface area contributed by atoms with Gasteiger partial charge < -0.3 is 10.1 Å². The summed E-state index contributed by atoms with van der Waals surface area (Å²) in [4.78, 5) is 23.6. The van der Waals surface area contributed by atoms with Crippen LogP contribution in [0.5, 0.6) is 5.75 Å². The van der Waals surface area contributed by atoms with E-state index < -0.39 is 5.60 Å². The fourth-order valence-corrected chi connectivity index (χ4v) is 2.18. The molecule has 19 heavy (non-hydrogen) atoms. The molecule has 1 aromatic rings. The molecule has 0 spiro atoms. The third-order valence-electron chi connectivity index (χ3n) is 3.01. The number of Topliss-reactive ketones (excluding diaryl/α,β-unsaturated/α-hetero) is 1. The van der Waals surface area contributed by atoms with E-state index in [9.17, 15) is 9.59 Å². The van der Waals surface area contributed by atoms with Crippen LogP contribution >= 0.6 is 0 Å². The molecule has 1 aromatic carbocycles. The molecule has 1 aliphatic rings. The molecule has 102 valence electrons. The van der Waals surface area contributed by atoms with E-state index in [1.165, 1.54) is 0 Å². The summed E-state index contributed by atoms with van der Waals surface area (Å²) in [5.41, 5.74) is 0.735. The SMILES string of the molecule is CCCC(=O)Nc1ccc2c(c1)C(=O)CC(C)(C)O2. The first-order chi connectivity index (χ1) is 8.91. The average molecular weight is 261 g/mol. The van der Waals surface area contributed by atoms with Crippen LogP contribution in [-0.4, -0.2) is 17.3 Å². The molecule has 1 amide bonds. The minimum Gasteiger partial charge on any atom is -0.487 e. The summed E-state index contributed by atoms with van der Waals surface area (Å²) >= 11 is 0. The number of anilines is 1. The Kier molecular flexibility index (Phi) is 3.60. The van der Waals surface area contributed by atoms with Crippen LogP contribution in [-0.2, 0) is 4.79 Å². The fraction of sp³-hybridized carbons (Fsp3) is 0.467. The van der Waals surface area contributed by atoms with E-state index in [0.29, 0.717) is 29.8 Å². The molecule has 4 nitrogen and oxygen atoms in total. The van der Waals surface area contributed by atoms with Crippen LogP contribution in [0.4, 0.5) is 5.69 Å². The number of nitrogens with one attached hydrogen (secondary N) is 1. The predicted octanol–water partition coefficient (Wildman–Crippen LogP) is 3.17. The minimum absolute atomic E-state index is 0.0352. The Labute approximate surface area is 113 Å². The molecule has 0 bridgehead atoms. The lowest BCUT2D eigenvalue weighted by atomic mass is 9.93. The van der Waals surface area contributed by atoms with E-state index in [0.717, 1.165) is 6.42 Å². The molecular formula is C15H19NO3. The van der Waals surface area contributed by atoms with Crippen LogP contribution in [0.3, 0.4) is 0 Å². The maximum atomic E-state index is 12.1. The van der Waals surface area contributed by atoms with Gasteiger partial charge in [-0.2, -0.15) is 0 Å². The molecule has 1 N–H and O–H groups in total. The largest absolute Gasteiger partial charge is 0.487 e. The summed E-state index contributed by atoms with van der Waals surface area (Å²) in [6.07, 6.45) is 1.63. The number of rotatable bonds is 3. The van der Waals surface area contributed by atoms with Gasteiger partial charge in [-0.3, -0.25) is 9.59 Å². The van der Waals surface area contributed by atoms with Crippen molar-refractivity contribution in [1.29, 1.82) is 0 Å². The van der Waals surface area contributed by atoms with E-state index in [1.807, 2.05) is 20.8 Å².